The van der Waals surface area contributed by atoms with Crippen LogP contribution in [0, 0.1) is 17.7 Å². The van der Waals surface area contributed by atoms with Crippen molar-refractivity contribution in [1.29, 1.82) is 0 Å². The van der Waals surface area contributed by atoms with E-state index in [9.17, 15) is 0 Å². The van der Waals surface area contributed by atoms with E-state index in [0.29, 0.717) is 28.8 Å². The summed E-state index contributed by atoms with van der Waals surface area (Å²) in [6.07, 6.45) is 9.14. The highest BCUT2D eigenvalue weighted by Gasteiger charge is 2.34. The molecule has 34 heavy (non-hydrogen) atoms. The third kappa shape index (κ3) is 4.99. The Hall–Kier alpha value is -3.59. The normalized spacial score (nSPS) is 20.9. The van der Waals surface area contributed by atoms with E-state index < -0.39 is 0 Å². The zero-order chi connectivity index (χ0) is 23.5. The second kappa shape index (κ2) is 9.72. The summed E-state index contributed by atoms with van der Waals surface area (Å²) < 4.78 is 15.2. The highest BCUT2D eigenvalue weighted by atomic mass is 19.1. The highest BCUT2D eigenvalue weighted by molar-refractivity contribution is 6.11. The number of aliphatic imine (C=N–C) groups is 2. The summed E-state index contributed by atoms with van der Waals surface area (Å²) in [5, 5.41) is 0. The Morgan fingerprint density at radius 1 is 0.912 bits per heavy atom. The molecule has 0 bridgehead atoms. The first-order valence-electron chi connectivity index (χ1n) is 12.0. The monoisotopic (exact) mass is 448 g/mol. The van der Waals surface area contributed by atoms with Gasteiger partial charge in [-0.2, -0.15) is 0 Å². The molecular weight excluding hydrogens is 419 g/mol. The number of amidine groups is 1. The third-order valence-corrected chi connectivity index (χ3v) is 6.69. The minimum absolute atomic E-state index is 0.0248. The van der Waals surface area contributed by atoms with E-state index >= 15 is 4.39 Å². The molecule has 1 saturated carbocycles. The highest BCUT2D eigenvalue weighted by Crippen LogP contribution is 2.44. The summed E-state index contributed by atoms with van der Waals surface area (Å²) in [4.78, 5) is 9.94. The van der Waals surface area contributed by atoms with Crippen molar-refractivity contribution < 1.29 is 4.39 Å². The number of hydrogen-bond donors (Lipinski definition) is 0. The molecule has 2 nitrogen and oxygen atoms in total. The fourth-order valence-electron chi connectivity index (χ4n) is 4.52. The summed E-state index contributed by atoms with van der Waals surface area (Å²) in [6.45, 7) is 4.09. The number of halogens is 1. The van der Waals surface area contributed by atoms with Crippen molar-refractivity contribution >= 4 is 11.5 Å². The van der Waals surface area contributed by atoms with Crippen LogP contribution in [0.5, 0.6) is 0 Å². The van der Waals surface area contributed by atoms with Crippen molar-refractivity contribution in [2.24, 2.45) is 21.8 Å². The van der Waals surface area contributed by atoms with Gasteiger partial charge in [0.1, 0.15) is 5.82 Å². The lowest BCUT2D eigenvalue weighted by molar-refractivity contribution is 0.631. The molecule has 5 rings (SSSR count). The average molecular weight is 449 g/mol. The van der Waals surface area contributed by atoms with Gasteiger partial charge in [0.05, 0.1) is 6.04 Å². The maximum absolute atomic E-state index is 15.2. The molecule has 3 unspecified atom stereocenters. The Kier molecular flexibility index (Phi) is 6.35. The number of allylic oxidation sites excluding steroid dienone is 3. The van der Waals surface area contributed by atoms with Gasteiger partial charge in [0.2, 0.25) is 0 Å². The maximum Gasteiger partial charge on any atom is 0.155 e. The molecule has 0 spiro atoms. The van der Waals surface area contributed by atoms with Crippen molar-refractivity contribution in [3.05, 3.63) is 120 Å². The van der Waals surface area contributed by atoms with E-state index in [-0.39, 0.29) is 11.9 Å². The Morgan fingerprint density at radius 2 is 1.65 bits per heavy atom. The number of nitrogens with zero attached hydrogens (tertiary/aromatic N) is 2. The van der Waals surface area contributed by atoms with Crippen LogP contribution in [0.15, 0.2) is 113 Å². The number of benzene rings is 3. The summed E-state index contributed by atoms with van der Waals surface area (Å²) in [5.74, 6) is 1.64. The van der Waals surface area contributed by atoms with Gasteiger partial charge in [0.15, 0.2) is 5.84 Å². The van der Waals surface area contributed by atoms with E-state index in [0.717, 1.165) is 23.3 Å². The summed E-state index contributed by atoms with van der Waals surface area (Å²) in [7, 11) is 0. The average Bonchev–Trinajstić information content (AvgIpc) is 3.63. The van der Waals surface area contributed by atoms with Crippen LogP contribution in [0.4, 0.5) is 4.39 Å². The van der Waals surface area contributed by atoms with Crippen LogP contribution in [-0.2, 0) is 0 Å². The molecule has 0 aromatic heterocycles. The largest absolute Gasteiger partial charge is 0.259 e. The first-order chi connectivity index (χ1) is 16.6. The molecule has 3 aromatic carbocycles. The maximum atomic E-state index is 15.2. The van der Waals surface area contributed by atoms with Gasteiger partial charge in [-0.3, -0.25) is 4.99 Å². The van der Waals surface area contributed by atoms with E-state index in [1.807, 2.05) is 79.7 Å². The fraction of sp³-hybridized carbons (Fsp3) is 0.226. The van der Waals surface area contributed by atoms with Gasteiger partial charge in [0.25, 0.3) is 0 Å². The smallest absolute Gasteiger partial charge is 0.155 e. The summed E-state index contributed by atoms with van der Waals surface area (Å²) in [6, 6.07) is 25.0. The Morgan fingerprint density at radius 3 is 2.38 bits per heavy atom. The van der Waals surface area contributed by atoms with Crippen molar-refractivity contribution in [1.82, 2.24) is 0 Å². The summed E-state index contributed by atoms with van der Waals surface area (Å²) >= 11 is 0. The first kappa shape index (κ1) is 22.2. The van der Waals surface area contributed by atoms with Crippen LogP contribution < -0.4 is 0 Å². The van der Waals surface area contributed by atoms with Crippen LogP contribution in [0.2, 0.25) is 0 Å². The molecule has 170 valence electrons. The van der Waals surface area contributed by atoms with E-state index in [1.54, 1.807) is 6.07 Å². The predicted octanol–water partition coefficient (Wildman–Crippen LogP) is 7.66. The molecule has 2 aliphatic rings. The lowest BCUT2D eigenvalue weighted by atomic mass is 10.0. The Labute approximate surface area is 201 Å². The van der Waals surface area contributed by atoms with Crippen LogP contribution in [0.3, 0.4) is 0 Å². The standard InChI is InChI=1S/C31H29FN2/c1-21(23-10-5-3-6-11-23)33-31(34-22(2)25-14-9-15-26-19-28(26)18-25)27-16-17-29(30(32)20-27)24-12-7-4-8-13-24/h3-13,15-18,20,22,26,28H,14,19H2,1-2H3. The van der Waals surface area contributed by atoms with E-state index in [1.165, 1.54) is 12.0 Å². The molecule has 0 N–H and O–H groups in total. The number of rotatable bonds is 5. The van der Waals surface area contributed by atoms with Crippen LogP contribution in [-0.4, -0.2) is 17.6 Å². The molecule has 3 aromatic rings. The zero-order valence-corrected chi connectivity index (χ0v) is 19.7. The molecule has 2 aliphatic carbocycles. The molecule has 0 aliphatic heterocycles. The Balaban J connectivity index is 1.53. The van der Waals surface area contributed by atoms with Crippen molar-refractivity contribution in [2.45, 2.75) is 32.7 Å². The van der Waals surface area contributed by atoms with Gasteiger partial charge in [0, 0.05) is 16.8 Å². The minimum atomic E-state index is -0.269. The number of hydrogen-bond acceptors (Lipinski definition) is 1. The van der Waals surface area contributed by atoms with Crippen LogP contribution in [0.25, 0.3) is 11.1 Å². The molecule has 1 fully saturated rings. The molecule has 0 radical (unpaired) electrons. The van der Waals surface area contributed by atoms with E-state index in [4.69, 9.17) is 9.98 Å². The van der Waals surface area contributed by atoms with E-state index in [2.05, 4.69) is 25.2 Å². The molecular formula is C31H29FN2. The van der Waals surface area contributed by atoms with Crippen molar-refractivity contribution in [3.63, 3.8) is 0 Å². The predicted molar refractivity (Wildman–Crippen MR) is 140 cm³/mol. The molecule has 0 amide bonds. The van der Waals surface area contributed by atoms with Crippen LogP contribution >= 0.6 is 0 Å². The third-order valence-electron chi connectivity index (χ3n) is 6.69. The lowest BCUT2D eigenvalue weighted by Crippen LogP contribution is -2.11. The van der Waals surface area contributed by atoms with Crippen molar-refractivity contribution in [2.75, 3.05) is 0 Å². The SMILES string of the molecule is CC(=NC(=NC(C)C1=CC2CC2C=CC1)c1ccc(-c2ccccc2)c(F)c1)c1ccccc1. The zero-order valence-electron chi connectivity index (χ0n) is 19.7. The van der Waals surface area contributed by atoms with Gasteiger partial charge >= 0.3 is 0 Å². The molecule has 3 heteroatoms. The summed E-state index contributed by atoms with van der Waals surface area (Å²) in [5.41, 5.74) is 5.33. The van der Waals surface area contributed by atoms with Gasteiger partial charge in [-0.25, -0.2) is 9.38 Å². The number of fused-ring (bicyclic) bond motifs is 1. The molecule has 3 atom stereocenters. The first-order valence-corrected chi connectivity index (χ1v) is 12.0. The Bertz CT molecular complexity index is 1290. The minimum Gasteiger partial charge on any atom is -0.259 e. The fourth-order valence-corrected chi connectivity index (χ4v) is 4.52. The van der Waals surface area contributed by atoms with Gasteiger partial charge in [-0.15, -0.1) is 0 Å². The van der Waals surface area contributed by atoms with Crippen molar-refractivity contribution in [3.8, 4) is 11.1 Å². The molecule has 0 heterocycles. The van der Waals surface area contributed by atoms with Gasteiger partial charge in [-0.05, 0) is 61.3 Å². The van der Waals surface area contributed by atoms with Gasteiger partial charge in [-0.1, -0.05) is 91.0 Å². The quantitative estimate of drug-likeness (QED) is 0.217. The topological polar surface area (TPSA) is 24.7 Å². The second-order valence-corrected chi connectivity index (χ2v) is 9.19. The van der Waals surface area contributed by atoms with Gasteiger partial charge < -0.3 is 0 Å². The lowest BCUT2D eigenvalue weighted by Gasteiger charge is -2.14. The van der Waals surface area contributed by atoms with Crippen LogP contribution in [0.1, 0.15) is 37.8 Å². The second-order valence-electron chi connectivity index (χ2n) is 9.19. The molecule has 0 saturated heterocycles.